The van der Waals surface area contributed by atoms with Crippen molar-refractivity contribution in [2.45, 2.75) is 52.4 Å². The maximum Gasteiger partial charge on any atom is 0.119 e. The Hall–Kier alpha value is -2.02. The Labute approximate surface area is 152 Å². The summed E-state index contributed by atoms with van der Waals surface area (Å²) in [6.45, 7) is 5.37. The number of ether oxygens (including phenoxy) is 1. The van der Waals surface area contributed by atoms with E-state index < -0.39 is 0 Å². The maximum atomic E-state index is 5.80. The van der Waals surface area contributed by atoms with Crippen LogP contribution in [-0.4, -0.2) is 6.61 Å². The lowest BCUT2D eigenvalue weighted by molar-refractivity contribution is 0.306. The molecule has 0 saturated carbocycles. The highest BCUT2D eigenvalue weighted by atomic mass is 16.5. The van der Waals surface area contributed by atoms with Crippen LogP contribution >= 0.6 is 0 Å². The molecule has 0 aliphatic heterocycles. The first-order valence-corrected chi connectivity index (χ1v) is 9.79. The van der Waals surface area contributed by atoms with Crippen LogP contribution in [0, 0.1) is 5.92 Å². The molecule has 0 amide bonds. The Morgan fingerprint density at radius 3 is 2.12 bits per heavy atom. The summed E-state index contributed by atoms with van der Waals surface area (Å²) in [5.74, 6) is 1.81. The molecule has 0 radical (unpaired) electrons. The van der Waals surface area contributed by atoms with Gasteiger partial charge in [0.1, 0.15) is 5.75 Å². The zero-order valence-electron chi connectivity index (χ0n) is 15.6. The van der Waals surface area contributed by atoms with Crippen molar-refractivity contribution in [2.24, 2.45) is 5.92 Å². The molecule has 0 fully saturated rings. The third-order valence-electron chi connectivity index (χ3n) is 5.13. The number of rotatable bonds is 7. The van der Waals surface area contributed by atoms with E-state index in [1.807, 2.05) is 0 Å². The molecule has 0 bridgehead atoms. The van der Waals surface area contributed by atoms with Crippen LogP contribution in [0.15, 0.2) is 54.6 Å². The van der Waals surface area contributed by atoms with E-state index in [2.05, 4.69) is 68.5 Å². The van der Waals surface area contributed by atoms with Gasteiger partial charge in [0.2, 0.25) is 0 Å². The highest BCUT2D eigenvalue weighted by molar-refractivity contribution is 5.71. The Balaban J connectivity index is 1.62. The topological polar surface area (TPSA) is 9.23 Å². The molecule has 132 valence electrons. The van der Waals surface area contributed by atoms with Crippen molar-refractivity contribution < 1.29 is 4.74 Å². The fourth-order valence-electron chi connectivity index (χ4n) is 3.39. The van der Waals surface area contributed by atoms with Crippen LogP contribution in [0.5, 0.6) is 5.75 Å². The molecular weight excluding hydrogens is 304 g/mol. The smallest absolute Gasteiger partial charge is 0.119 e. The summed E-state index contributed by atoms with van der Waals surface area (Å²) >= 11 is 0. The predicted molar refractivity (Wildman–Crippen MR) is 108 cm³/mol. The molecule has 1 unspecified atom stereocenters. The van der Waals surface area contributed by atoms with Gasteiger partial charge in [0.25, 0.3) is 0 Å². The van der Waals surface area contributed by atoms with E-state index in [-0.39, 0.29) is 0 Å². The lowest BCUT2D eigenvalue weighted by Crippen LogP contribution is -2.00. The van der Waals surface area contributed by atoms with Crippen LogP contribution in [0.2, 0.25) is 0 Å². The molecule has 1 aliphatic carbocycles. The van der Waals surface area contributed by atoms with Crippen LogP contribution < -0.4 is 4.74 Å². The molecule has 1 nitrogen and oxygen atoms in total. The van der Waals surface area contributed by atoms with Crippen molar-refractivity contribution in [3.05, 3.63) is 60.2 Å². The molecule has 0 spiro atoms. The van der Waals surface area contributed by atoms with Gasteiger partial charge in [0, 0.05) is 0 Å². The van der Waals surface area contributed by atoms with Crippen LogP contribution in [0.1, 0.15) is 57.9 Å². The van der Waals surface area contributed by atoms with E-state index in [4.69, 9.17) is 4.74 Å². The summed E-state index contributed by atoms with van der Waals surface area (Å²) in [5, 5.41) is 0. The highest BCUT2D eigenvalue weighted by Crippen LogP contribution is 2.31. The molecule has 1 heteroatoms. The van der Waals surface area contributed by atoms with Gasteiger partial charge in [0.05, 0.1) is 6.61 Å². The van der Waals surface area contributed by atoms with Crippen molar-refractivity contribution in [3.8, 4) is 16.9 Å². The van der Waals surface area contributed by atoms with Crippen LogP contribution in [0.4, 0.5) is 0 Å². The molecule has 1 atom stereocenters. The summed E-state index contributed by atoms with van der Waals surface area (Å²) < 4.78 is 5.80. The first kappa shape index (κ1) is 17.8. The van der Waals surface area contributed by atoms with Crippen molar-refractivity contribution >= 4 is 5.57 Å². The molecule has 0 aromatic heterocycles. The fourth-order valence-corrected chi connectivity index (χ4v) is 3.39. The van der Waals surface area contributed by atoms with Gasteiger partial charge in [0.15, 0.2) is 0 Å². The van der Waals surface area contributed by atoms with Crippen LogP contribution in [0.3, 0.4) is 0 Å². The van der Waals surface area contributed by atoms with E-state index in [1.165, 1.54) is 54.4 Å². The third kappa shape index (κ3) is 4.98. The average Bonchev–Trinajstić information content (AvgIpc) is 2.67. The SMILES string of the molecule is CCCCCOc1ccc(-c2ccc(C3=CCC(C)CC3)cc2)cc1. The number of allylic oxidation sites excluding steroid dienone is 2. The minimum absolute atomic E-state index is 0.815. The van der Waals surface area contributed by atoms with Gasteiger partial charge in [-0.1, -0.05) is 69.2 Å². The largest absolute Gasteiger partial charge is 0.494 e. The Bertz CT molecular complexity index is 679. The quantitative estimate of drug-likeness (QED) is 0.489. The summed E-state index contributed by atoms with van der Waals surface area (Å²) in [7, 11) is 0. The standard InChI is InChI=1S/C24H30O/c1-3-4-5-18-25-24-16-14-23(15-17-24)22-12-10-21(11-13-22)20-8-6-19(2)7-9-20/h8,10-17,19H,3-7,9,18H2,1-2H3. The normalized spacial score (nSPS) is 17.2. The Kier molecular flexibility index (Phi) is 6.33. The minimum atomic E-state index is 0.815. The summed E-state index contributed by atoms with van der Waals surface area (Å²) in [6, 6.07) is 17.5. The van der Waals surface area contributed by atoms with Crippen LogP contribution in [-0.2, 0) is 0 Å². The van der Waals surface area contributed by atoms with Crippen molar-refractivity contribution in [1.29, 1.82) is 0 Å². The Morgan fingerprint density at radius 2 is 1.52 bits per heavy atom. The fraction of sp³-hybridized carbons (Fsp3) is 0.417. The minimum Gasteiger partial charge on any atom is -0.494 e. The van der Waals surface area contributed by atoms with Gasteiger partial charge in [-0.3, -0.25) is 0 Å². The third-order valence-corrected chi connectivity index (χ3v) is 5.13. The van der Waals surface area contributed by atoms with E-state index in [9.17, 15) is 0 Å². The number of unbranched alkanes of at least 4 members (excludes halogenated alkanes) is 2. The Morgan fingerprint density at radius 1 is 0.880 bits per heavy atom. The van der Waals surface area contributed by atoms with Gasteiger partial charge >= 0.3 is 0 Å². The first-order chi connectivity index (χ1) is 12.3. The van der Waals surface area contributed by atoms with Crippen molar-refractivity contribution in [1.82, 2.24) is 0 Å². The molecule has 25 heavy (non-hydrogen) atoms. The molecule has 2 aromatic rings. The highest BCUT2D eigenvalue weighted by Gasteiger charge is 2.11. The molecule has 2 aromatic carbocycles. The summed E-state index contributed by atoms with van der Waals surface area (Å²) in [4.78, 5) is 0. The second kappa shape index (κ2) is 8.89. The molecular formula is C24H30O. The van der Waals surface area contributed by atoms with Gasteiger partial charge in [-0.25, -0.2) is 0 Å². The summed E-state index contributed by atoms with van der Waals surface area (Å²) in [6.07, 6.45) is 9.77. The second-order valence-electron chi connectivity index (χ2n) is 7.27. The zero-order valence-corrected chi connectivity index (χ0v) is 15.6. The van der Waals surface area contributed by atoms with Gasteiger partial charge < -0.3 is 4.74 Å². The van der Waals surface area contributed by atoms with Gasteiger partial charge in [-0.05, 0) is 66.0 Å². The van der Waals surface area contributed by atoms with Crippen LogP contribution in [0.25, 0.3) is 16.7 Å². The first-order valence-electron chi connectivity index (χ1n) is 9.79. The molecule has 0 heterocycles. The van der Waals surface area contributed by atoms with Crippen molar-refractivity contribution in [3.63, 3.8) is 0 Å². The summed E-state index contributed by atoms with van der Waals surface area (Å²) in [5.41, 5.74) is 5.41. The monoisotopic (exact) mass is 334 g/mol. The van der Waals surface area contributed by atoms with E-state index in [0.717, 1.165) is 24.7 Å². The van der Waals surface area contributed by atoms with Gasteiger partial charge in [-0.15, -0.1) is 0 Å². The number of hydrogen-bond acceptors (Lipinski definition) is 1. The molecule has 3 rings (SSSR count). The second-order valence-corrected chi connectivity index (χ2v) is 7.27. The zero-order chi connectivity index (χ0) is 17.5. The lowest BCUT2D eigenvalue weighted by Gasteiger charge is -2.18. The molecule has 0 N–H and O–H groups in total. The van der Waals surface area contributed by atoms with E-state index in [1.54, 1.807) is 0 Å². The lowest BCUT2D eigenvalue weighted by atomic mass is 9.87. The number of benzene rings is 2. The average molecular weight is 335 g/mol. The maximum absolute atomic E-state index is 5.80. The molecule has 0 saturated heterocycles. The molecule has 1 aliphatic rings. The van der Waals surface area contributed by atoms with Gasteiger partial charge in [-0.2, -0.15) is 0 Å². The predicted octanol–water partition coefficient (Wildman–Crippen LogP) is 7.13. The van der Waals surface area contributed by atoms with Crippen molar-refractivity contribution in [2.75, 3.05) is 6.61 Å². The van der Waals surface area contributed by atoms with E-state index in [0.29, 0.717) is 0 Å². The number of hydrogen-bond donors (Lipinski definition) is 0. The van der Waals surface area contributed by atoms with E-state index >= 15 is 0 Å².